The number of aromatic nitrogens is 4. The van der Waals surface area contributed by atoms with Crippen molar-refractivity contribution in [3.05, 3.63) is 55.1 Å². The van der Waals surface area contributed by atoms with Gasteiger partial charge in [-0.1, -0.05) is 28.1 Å². The van der Waals surface area contributed by atoms with E-state index in [2.05, 4.69) is 26.2 Å². The van der Waals surface area contributed by atoms with Crippen LogP contribution < -0.4 is 16.6 Å². The van der Waals surface area contributed by atoms with Gasteiger partial charge < -0.3 is 10.1 Å². The Hall–Kier alpha value is -2.39. The van der Waals surface area contributed by atoms with Gasteiger partial charge in [-0.2, -0.15) is 4.98 Å². The van der Waals surface area contributed by atoms with Crippen molar-refractivity contribution < 1.29 is 4.74 Å². The lowest BCUT2D eigenvalue weighted by atomic mass is 10.2. The number of fused-ring (bicyclic) bond motifs is 1. The number of imidazole rings is 1. The minimum Gasteiger partial charge on any atom is -0.376 e. The molecule has 1 atom stereocenters. The quantitative estimate of drug-likeness (QED) is 0.644. The summed E-state index contributed by atoms with van der Waals surface area (Å²) in [6, 6.07) is 7.90. The molecule has 28 heavy (non-hydrogen) atoms. The highest BCUT2D eigenvalue weighted by atomic mass is 79.9. The number of nitrogens with zero attached hydrogens (tertiary/aromatic N) is 4. The predicted molar refractivity (Wildman–Crippen MR) is 111 cm³/mol. The lowest BCUT2D eigenvalue weighted by Gasteiger charge is -2.14. The van der Waals surface area contributed by atoms with E-state index >= 15 is 0 Å². The molecule has 2 aromatic heterocycles. The van der Waals surface area contributed by atoms with Crippen LogP contribution in [0.4, 0.5) is 5.95 Å². The average Bonchev–Trinajstić information content (AvgIpc) is 3.31. The van der Waals surface area contributed by atoms with E-state index in [1.54, 1.807) is 7.05 Å². The topological polar surface area (TPSA) is 83.1 Å². The number of benzene rings is 1. The van der Waals surface area contributed by atoms with Gasteiger partial charge in [-0.25, -0.2) is 4.79 Å². The largest absolute Gasteiger partial charge is 0.376 e. The molecule has 1 aliphatic rings. The first-order valence-corrected chi connectivity index (χ1v) is 10.0. The molecule has 9 heteroatoms. The van der Waals surface area contributed by atoms with Crippen LogP contribution in [0.15, 0.2) is 38.3 Å². The zero-order valence-corrected chi connectivity index (χ0v) is 17.4. The first-order valence-electron chi connectivity index (χ1n) is 9.22. The molecule has 0 unspecified atom stereocenters. The molecule has 1 fully saturated rings. The van der Waals surface area contributed by atoms with Crippen LogP contribution in [0.1, 0.15) is 18.4 Å². The maximum absolute atomic E-state index is 12.9. The van der Waals surface area contributed by atoms with Crippen LogP contribution in [-0.2, 0) is 25.4 Å². The van der Waals surface area contributed by atoms with Gasteiger partial charge in [-0.3, -0.25) is 18.5 Å². The Morgan fingerprint density at radius 2 is 2.11 bits per heavy atom. The van der Waals surface area contributed by atoms with E-state index in [0.29, 0.717) is 30.2 Å². The van der Waals surface area contributed by atoms with Gasteiger partial charge >= 0.3 is 5.69 Å². The maximum Gasteiger partial charge on any atom is 0.332 e. The van der Waals surface area contributed by atoms with Crippen molar-refractivity contribution >= 4 is 33.0 Å². The van der Waals surface area contributed by atoms with Crippen molar-refractivity contribution in [2.45, 2.75) is 25.5 Å². The summed E-state index contributed by atoms with van der Waals surface area (Å²) in [7, 11) is 3.12. The molecule has 0 bridgehead atoms. The Bertz CT molecular complexity index is 1140. The second-order valence-corrected chi connectivity index (χ2v) is 7.96. The third kappa shape index (κ3) is 3.40. The van der Waals surface area contributed by atoms with Crippen molar-refractivity contribution in [2.75, 3.05) is 18.5 Å². The van der Waals surface area contributed by atoms with E-state index in [1.807, 2.05) is 28.8 Å². The molecule has 1 aliphatic heterocycles. The summed E-state index contributed by atoms with van der Waals surface area (Å²) in [6.45, 7) is 1.84. The molecule has 0 aliphatic carbocycles. The first-order chi connectivity index (χ1) is 13.5. The van der Waals surface area contributed by atoms with Crippen LogP contribution in [-0.4, -0.2) is 37.9 Å². The lowest BCUT2D eigenvalue weighted by molar-refractivity contribution is 0.120. The number of nitrogens with one attached hydrogen (secondary N) is 1. The number of rotatable bonds is 5. The molecule has 3 heterocycles. The van der Waals surface area contributed by atoms with Gasteiger partial charge in [-0.15, -0.1) is 0 Å². The zero-order valence-electron chi connectivity index (χ0n) is 15.8. The number of hydrogen-bond donors (Lipinski definition) is 1. The molecule has 0 saturated carbocycles. The summed E-state index contributed by atoms with van der Waals surface area (Å²) in [6.07, 6.45) is 2.18. The van der Waals surface area contributed by atoms with E-state index in [-0.39, 0.29) is 11.7 Å². The van der Waals surface area contributed by atoms with Crippen LogP contribution in [0, 0.1) is 0 Å². The smallest absolute Gasteiger partial charge is 0.332 e. The van der Waals surface area contributed by atoms with Gasteiger partial charge in [-0.05, 0) is 30.5 Å². The van der Waals surface area contributed by atoms with Crippen LogP contribution in [0.2, 0.25) is 0 Å². The van der Waals surface area contributed by atoms with Gasteiger partial charge in [0.1, 0.15) is 0 Å². The Balaban J connectivity index is 1.83. The van der Waals surface area contributed by atoms with Crippen LogP contribution in [0.3, 0.4) is 0 Å². The highest BCUT2D eigenvalue weighted by molar-refractivity contribution is 9.10. The lowest BCUT2D eigenvalue weighted by Crippen LogP contribution is -2.37. The van der Waals surface area contributed by atoms with E-state index in [1.165, 1.54) is 11.6 Å². The minimum absolute atomic E-state index is 0.130. The van der Waals surface area contributed by atoms with Crippen molar-refractivity contribution in [2.24, 2.45) is 14.1 Å². The van der Waals surface area contributed by atoms with E-state index < -0.39 is 5.69 Å². The van der Waals surface area contributed by atoms with Crippen molar-refractivity contribution in [1.29, 1.82) is 0 Å². The zero-order chi connectivity index (χ0) is 19.8. The van der Waals surface area contributed by atoms with Gasteiger partial charge in [0, 0.05) is 31.7 Å². The summed E-state index contributed by atoms with van der Waals surface area (Å²) in [5, 5.41) is 3.32. The third-order valence-corrected chi connectivity index (χ3v) is 5.58. The minimum atomic E-state index is -0.393. The average molecular weight is 448 g/mol. The van der Waals surface area contributed by atoms with Crippen molar-refractivity contribution in [1.82, 2.24) is 18.7 Å². The van der Waals surface area contributed by atoms with Gasteiger partial charge in [0.2, 0.25) is 5.95 Å². The fourth-order valence-electron chi connectivity index (χ4n) is 3.56. The molecule has 0 spiro atoms. The Kier molecular flexibility index (Phi) is 5.11. The van der Waals surface area contributed by atoms with Gasteiger partial charge in [0.25, 0.3) is 5.56 Å². The summed E-state index contributed by atoms with van der Waals surface area (Å²) in [5.41, 5.74) is 1.04. The Morgan fingerprint density at radius 1 is 1.29 bits per heavy atom. The van der Waals surface area contributed by atoms with Crippen molar-refractivity contribution in [3.63, 3.8) is 0 Å². The SMILES string of the molecule is Cn1c(=O)c2c(nc(NC[C@@H]3CCCO3)n2Cc2cccc(Br)c2)n(C)c1=O. The molecule has 0 amide bonds. The second-order valence-electron chi connectivity index (χ2n) is 7.05. The summed E-state index contributed by atoms with van der Waals surface area (Å²) in [5.74, 6) is 0.559. The van der Waals surface area contributed by atoms with Crippen molar-refractivity contribution in [3.8, 4) is 0 Å². The predicted octanol–water partition coefficient (Wildman–Crippen LogP) is 1.84. The number of ether oxygens (including phenoxy) is 1. The molecule has 1 saturated heterocycles. The monoisotopic (exact) mass is 447 g/mol. The molecule has 148 valence electrons. The fraction of sp³-hybridized carbons (Fsp3) is 0.421. The third-order valence-electron chi connectivity index (χ3n) is 5.09. The highest BCUT2D eigenvalue weighted by Gasteiger charge is 2.21. The Labute approximate surface area is 169 Å². The van der Waals surface area contributed by atoms with Gasteiger partial charge in [0.15, 0.2) is 11.2 Å². The normalized spacial score (nSPS) is 16.8. The van der Waals surface area contributed by atoms with Crippen LogP contribution in [0.5, 0.6) is 0 Å². The Morgan fingerprint density at radius 3 is 2.82 bits per heavy atom. The number of halogens is 1. The van der Waals surface area contributed by atoms with E-state index in [0.717, 1.165) is 34.1 Å². The molecular weight excluding hydrogens is 426 g/mol. The highest BCUT2D eigenvalue weighted by Crippen LogP contribution is 2.21. The van der Waals surface area contributed by atoms with E-state index in [4.69, 9.17) is 4.74 Å². The molecule has 8 nitrogen and oxygen atoms in total. The summed E-state index contributed by atoms with van der Waals surface area (Å²) < 4.78 is 11.0. The number of hydrogen-bond acceptors (Lipinski definition) is 5. The molecule has 1 aromatic carbocycles. The molecule has 3 aromatic rings. The number of anilines is 1. The van der Waals surface area contributed by atoms with Gasteiger partial charge in [0.05, 0.1) is 12.6 Å². The van der Waals surface area contributed by atoms with E-state index in [9.17, 15) is 9.59 Å². The summed E-state index contributed by atoms with van der Waals surface area (Å²) >= 11 is 3.49. The first kappa shape index (κ1) is 18.9. The maximum atomic E-state index is 12.9. The molecule has 0 radical (unpaired) electrons. The van der Waals surface area contributed by atoms with Crippen LogP contribution >= 0.6 is 15.9 Å². The molecular formula is C19H22BrN5O3. The van der Waals surface area contributed by atoms with Crippen LogP contribution in [0.25, 0.3) is 11.2 Å². The molecule has 4 rings (SSSR count). The summed E-state index contributed by atoms with van der Waals surface area (Å²) in [4.78, 5) is 29.8. The fourth-order valence-corrected chi connectivity index (χ4v) is 4.01. The standard InChI is InChI=1S/C19H22BrN5O3/c1-23-16-15(17(26)24(2)19(23)27)25(11-12-5-3-6-13(20)9-12)18(22-16)21-10-14-7-4-8-28-14/h3,5-6,9,14H,4,7-8,10-11H2,1-2H3,(H,21,22)/t14-/m0/s1. The second kappa shape index (κ2) is 7.56. The number of aryl methyl sites for hydroxylation is 1. The molecule has 1 N–H and O–H groups in total.